The zero-order chi connectivity index (χ0) is 17.5. The van der Waals surface area contributed by atoms with Gasteiger partial charge in [0.05, 0.1) is 13.2 Å². The largest absolute Gasteiger partial charge is 0.501 e. The van der Waals surface area contributed by atoms with Crippen molar-refractivity contribution in [3.8, 4) is 0 Å². The highest BCUT2D eigenvalue weighted by molar-refractivity contribution is 7.58. The molecule has 23 heavy (non-hydrogen) atoms. The lowest BCUT2D eigenvalue weighted by Gasteiger charge is -2.29. The van der Waals surface area contributed by atoms with E-state index in [0.717, 1.165) is 12.8 Å². The Balaban J connectivity index is 3.34. The Hall–Kier alpha value is -1.04. The lowest BCUT2D eigenvalue weighted by molar-refractivity contribution is -0.129. The van der Waals surface area contributed by atoms with Crippen molar-refractivity contribution in [2.24, 2.45) is 0 Å². The molecular weight excluding hydrogens is 319 g/mol. The van der Waals surface area contributed by atoms with E-state index in [1.807, 2.05) is 13.8 Å². The Bertz CT molecular complexity index is 460. The number of amides is 1. The van der Waals surface area contributed by atoms with Gasteiger partial charge in [-0.2, -0.15) is 0 Å². The quantitative estimate of drug-likeness (QED) is 0.392. The molecular formula is C15H29N2O5P. The summed E-state index contributed by atoms with van der Waals surface area (Å²) in [5.74, 6) is -1.07. The molecule has 1 amide bonds. The number of likely N-dealkylation sites (tertiary alicyclic amines) is 1. The van der Waals surface area contributed by atoms with Crippen molar-refractivity contribution in [3.63, 3.8) is 0 Å². The summed E-state index contributed by atoms with van der Waals surface area (Å²) in [6.07, 6.45) is 1.82. The van der Waals surface area contributed by atoms with E-state index in [0.29, 0.717) is 26.2 Å². The highest BCUT2D eigenvalue weighted by Crippen LogP contribution is 2.58. The van der Waals surface area contributed by atoms with Crippen molar-refractivity contribution < 1.29 is 23.5 Å². The van der Waals surface area contributed by atoms with E-state index in [1.165, 1.54) is 4.90 Å². The topological polar surface area (TPSA) is 79.3 Å². The second-order valence-corrected chi connectivity index (χ2v) is 7.11. The van der Waals surface area contributed by atoms with Crippen LogP contribution in [0.4, 0.5) is 0 Å². The minimum Gasteiger partial charge on any atom is -0.501 e. The summed E-state index contributed by atoms with van der Waals surface area (Å²) in [6.45, 7) is 9.56. The van der Waals surface area contributed by atoms with Gasteiger partial charge in [0, 0.05) is 26.2 Å². The van der Waals surface area contributed by atoms with Gasteiger partial charge in [0.1, 0.15) is 0 Å². The normalized spacial score (nSPS) is 16.4. The Morgan fingerprint density at radius 3 is 1.96 bits per heavy atom. The number of carbonyl (C=O) groups is 1. The van der Waals surface area contributed by atoms with Crippen LogP contribution in [0.25, 0.3) is 0 Å². The van der Waals surface area contributed by atoms with Crippen LogP contribution in [0.15, 0.2) is 11.2 Å². The average molecular weight is 348 g/mol. The molecule has 1 saturated heterocycles. The molecule has 0 unspecified atom stereocenters. The second-order valence-electron chi connectivity index (χ2n) is 5.18. The number of likely N-dealkylation sites (N-methyl/N-ethyl adjacent to an activating group) is 1. The highest BCUT2D eigenvalue weighted by Gasteiger charge is 2.40. The summed E-state index contributed by atoms with van der Waals surface area (Å²) in [5, 5.41) is 10.6. The van der Waals surface area contributed by atoms with Gasteiger partial charge in [0.25, 0.3) is 5.91 Å². The standard InChI is InChI=1S/C15H29N2O5P/c1-5-16(6-2)14(19)13(18)15(17-11-9-10-12-17)23(20,21-7-3)22-8-4/h18H,5-12H2,1-4H3/b15-13-. The van der Waals surface area contributed by atoms with Crippen LogP contribution in [0.5, 0.6) is 0 Å². The first-order valence-corrected chi connectivity index (χ1v) is 9.86. The van der Waals surface area contributed by atoms with Gasteiger partial charge in [-0.1, -0.05) is 0 Å². The fourth-order valence-corrected chi connectivity index (χ4v) is 4.54. The molecule has 0 aromatic rings. The zero-order valence-electron chi connectivity index (χ0n) is 14.6. The smallest absolute Gasteiger partial charge is 0.381 e. The van der Waals surface area contributed by atoms with Gasteiger partial charge in [0.15, 0.2) is 5.44 Å². The molecule has 134 valence electrons. The number of hydrogen-bond acceptors (Lipinski definition) is 6. The Morgan fingerprint density at radius 1 is 1.09 bits per heavy atom. The molecule has 0 aliphatic carbocycles. The molecule has 1 aliphatic rings. The fraction of sp³-hybridized carbons (Fsp3) is 0.800. The third kappa shape index (κ3) is 4.72. The van der Waals surface area contributed by atoms with E-state index in [4.69, 9.17) is 9.05 Å². The van der Waals surface area contributed by atoms with Crippen molar-refractivity contribution in [2.75, 3.05) is 39.4 Å². The minimum atomic E-state index is -3.74. The van der Waals surface area contributed by atoms with Crippen LogP contribution in [-0.4, -0.2) is 60.2 Å². The van der Waals surface area contributed by atoms with E-state index in [2.05, 4.69) is 0 Å². The van der Waals surface area contributed by atoms with Crippen LogP contribution < -0.4 is 0 Å². The lowest BCUT2D eigenvalue weighted by Crippen LogP contribution is -2.34. The number of carbonyl (C=O) groups excluding carboxylic acids is 1. The highest BCUT2D eigenvalue weighted by atomic mass is 31.2. The number of hydrogen-bond donors (Lipinski definition) is 1. The molecule has 1 aliphatic heterocycles. The molecule has 0 radical (unpaired) electrons. The van der Waals surface area contributed by atoms with E-state index < -0.39 is 19.3 Å². The van der Waals surface area contributed by atoms with Crippen LogP contribution in [0.1, 0.15) is 40.5 Å². The Morgan fingerprint density at radius 2 is 1.57 bits per heavy atom. The Kier molecular flexibility index (Phi) is 8.09. The summed E-state index contributed by atoms with van der Waals surface area (Å²) >= 11 is 0. The van der Waals surface area contributed by atoms with Crippen LogP contribution >= 0.6 is 7.60 Å². The van der Waals surface area contributed by atoms with Crippen molar-refractivity contribution in [3.05, 3.63) is 11.2 Å². The van der Waals surface area contributed by atoms with Gasteiger partial charge in [0.2, 0.25) is 5.76 Å². The molecule has 0 aromatic carbocycles. The number of aliphatic hydroxyl groups is 1. The van der Waals surface area contributed by atoms with Gasteiger partial charge >= 0.3 is 7.60 Å². The van der Waals surface area contributed by atoms with E-state index in [1.54, 1.807) is 18.7 Å². The van der Waals surface area contributed by atoms with E-state index in [-0.39, 0.29) is 18.7 Å². The maximum absolute atomic E-state index is 13.2. The summed E-state index contributed by atoms with van der Waals surface area (Å²) < 4.78 is 23.9. The number of rotatable bonds is 9. The molecule has 0 bridgehead atoms. The molecule has 1 rings (SSSR count). The maximum atomic E-state index is 13.2. The summed E-state index contributed by atoms with van der Waals surface area (Å²) in [7, 11) is -3.74. The van der Waals surface area contributed by atoms with Crippen molar-refractivity contribution in [2.45, 2.75) is 40.5 Å². The van der Waals surface area contributed by atoms with Gasteiger partial charge in [-0.05, 0) is 40.5 Å². The van der Waals surface area contributed by atoms with Crippen LogP contribution in [0.2, 0.25) is 0 Å². The molecule has 7 nitrogen and oxygen atoms in total. The van der Waals surface area contributed by atoms with Crippen LogP contribution in [0.3, 0.4) is 0 Å². The number of aliphatic hydroxyl groups excluding tert-OH is 1. The minimum absolute atomic E-state index is 0.00981. The first-order valence-electron chi connectivity index (χ1n) is 8.32. The molecule has 0 spiro atoms. The van der Waals surface area contributed by atoms with Gasteiger partial charge in [-0.15, -0.1) is 0 Å². The summed E-state index contributed by atoms with van der Waals surface area (Å²) in [5.41, 5.74) is 0.00981. The summed E-state index contributed by atoms with van der Waals surface area (Å²) in [4.78, 5) is 15.8. The monoisotopic (exact) mass is 348 g/mol. The predicted molar refractivity (Wildman–Crippen MR) is 89.2 cm³/mol. The molecule has 1 N–H and O–H groups in total. The predicted octanol–water partition coefficient (Wildman–Crippen LogP) is 2.94. The first-order chi connectivity index (χ1) is 10.9. The van der Waals surface area contributed by atoms with E-state index in [9.17, 15) is 14.5 Å². The maximum Gasteiger partial charge on any atom is 0.381 e. The van der Waals surface area contributed by atoms with E-state index >= 15 is 0 Å². The zero-order valence-corrected chi connectivity index (χ0v) is 15.5. The van der Waals surface area contributed by atoms with Gasteiger partial charge < -0.3 is 24.0 Å². The van der Waals surface area contributed by atoms with Crippen molar-refractivity contribution in [1.82, 2.24) is 9.80 Å². The molecule has 0 aromatic heterocycles. The molecule has 1 fully saturated rings. The van der Waals surface area contributed by atoms with Crippen LogP contribution in [-0.2, 0) is 18.4 Å². The molecule has 8 heteroatoms. The third-order valence-corrected chi connectivity index (χ3v) is 5.94. The molecule has 0 atom stereocenters. The number of nitrogens with zero attached hydrogens (tertiary/aromatic N) is 2. The fourth-order valence-electron chi connectivity index (χ4n) is 2.64. The Labute approximate surface area is 138 Å². The van der Waals surface area contributed by atoms with Crippen molar-refractivity contribution >= 4 is 13.5 Å². The second kappa shape index (κ2) is 9.30. The lowest BCUT2D eigenvalue weighted by atomic mass is 10.4. The third-order valence-electron chi connectivity index (χ3n) is 3.73. The van der Waals surface area contributed by atoms with Gasteiger partial charge in [-0.3, -0.25) is 9.36 Å². The van der Waals surface area contributed by atoms with Crippen LogP contribution in [0, 0.1) is 0 Å². The molecule has 1 heterocycles. The van der Waals surface area contributed by atoms with Crippen molar-refractivity contribution in [1.29, 1.82) is 0 Å². The van der Waals surface area contributed by atoms with Gasteiger partial charge in [-0.25, -0.2) is 0 Å². The molecule has 0 saturated carbocycles. The SMILES string of the molecule is CCOP(=O)(OCC)/C(=C(\O)C(=O)N(CC)CC)N1CCCC1. The summed E-state index contributed by atoms with van der Waals surface area (Å²) in [6, 6.07) is 0. The average Bonchev–Trinajstić information content (AvgIpc) is 3.02. The first kappa shape index (κ1) is 20.0.